The molecule has 7 rings (SSSR count). The summed E-state index contributed by atoms with van der Waals surface area (Å²) in [7, 11) is 0. The summed E-state index contributed by atoms with van der Waals surface area (Å²) in [5, 5.41) is 14.8. The Kier molecular flexibility index (Phi) is 7.75. The molecule has 43 heavy (non-hydrogen) atoms. The van der Waals surface area contributed by atoms with E-state index in [1.54, 1.807) is 17.9 Å². The number of hydrogen-bond donors (Lipinski definition) is 2. The largest absolute Gasteiger partial charge is 0.390 e. The van der Waals surface area contributed by atoms with Crippen LogP contribution >= 0.6 is 0 Å². The van der Waals surface area contributed by atoms with E-state index in [-0.39, 0.29) is 23.9 Å². The topological polar surface area (TPSA) is 105 Å². The number of aliphatic hydroxyl groups is 1. The molecule has 4 aliphatic heterocycles. The Morgan fingerprint density at radius 2 is 1.63 bits per heavy atom. The van der Waals surface area contributed by atoms with Crippen LogP contribution in [0.1, 0.15) is 73.5 Å². The predicted octanol–water partition coefficient (Wildman–Crippen LogP) is 2.91. The van der Waals surface area contributed by atoms with Crippen molar-refractivity contribution in [2.24, 2.45) is 5.41 Å². The first-order chi connectivity index (χ1) is 20.9. The highest BCUT2D eigenvalue weighted by molar-refractivity contribution is 5.93. The lowest BCUT2D eigenvalue weighted by Crippen LogP contribution is -2.56. The number of aromatic nitrogens is 2. The molecular weight excluding hydrogens is 542 g/mol. The third-order valence-corrected chi connectivity index (χ3v) is 10.8. The van der Waals surface area contributed by atoms with E-state index < -0.39 is 6.10 Å². The van der Waals surface area contributed by atoms with E-state index in [2.05, 4.69) is 39.4 Å². The van der Waals surface area contributed by atoms with Gasteiger partial charge in [-0.1, -0.05) is 24.3 Å². The maximum absolute atomic E-state index is 13.9. The molecule has 2 aromatic rings. The van der Waals surface area contributed by atoms with E-state index in [4.69, 9.17) is 9.97 Å². The number of hydrogen-bond acceptors (Lipinski definition) is 8. The average molecular weight is 588 g/mol. The fourth-order valence-corrected chi connectivity index (χ4v) is 7.66. The Morgan fingerprint density at radius 1 is 0.907 bits per heavy atom. The van der Waals surface area contributed by atoms with Crippen LogP contribution in [-0.2, 0) is 17.8 Å². The number of amides is 2. The van der Waals surface area contributed by atoms with Crippen molar-refractivity contribution in [3.05, 3.63) is 47.2 Å². The maximum atomic E-state index is 13.9. The summed E-state index contributed by atoms with van der Waals surface area (Å²) in [6, 6.07) is 10.6. The molecule has 1 aliphatic carbocycles. The predicted molar refractivity (Wildman–Crippen MR) is 165 cm³/mol. The molecule has 5 aliphatic rings. The van der Waals surface area contributed by atoms with Crippen molar-refractivity contribution in [1.29, 1.82) is 0 Å². The van der Waals surface area contributed by atoms with Crippen LogP contribution in [0.4, 0.5) is 11.8 Å². The molecular formula is C33H45N7O3. The fraction of sp³-hybridized carbons (Fsp3) is 0.636. The molecule has 1 saturated carbocycles. The third kappa shape index (κ3) is 6.09. The minimum Gasteiger partial charge on any atom is -0.390 e. The molecule has 0 radical (unpaired) electrons. The second-order valence-corrected chi connectivity index (χ2v) is 13.5. The number of rotatable bonds is 5. The van der Waals surface area contributed by atoms with Crippen LogP contribution < -0.4 is 10.2 Å². The molecule has 1 spiro atoms. The van der Waals surface area contributed by atoms with Gasteiger partial charge in [0, 0.05) is 77.4 Å². The summed E-state index contributed by atoms with van der Waals surface area (Å²) in [6.07, 6.45) is 7.77. The van der Waals surface area contributed by atoms with Gasteiger partial charge in [0.15, 0.2) is 0 Å². The zero-order valence-electron chi connectivity index (χ0n) is 25.4. The van der Waals surface area contributed by atoms with Gasteiger partial charge in [0.2, 0.25) is 11.9 Å². The summed E-state index contributed by atoms with van der Waals surface area (Å²) in [6.45, 7) is 7.57. The standard InChI is InChI=1S/C33H45N7O3/c1-23(41)37-15-7-26(8-16-37)34-30-20-27(35-32(36-30)38-18-12-33(10-11-33)13-19-38)31(43)40-17-9-28(29(42)22-40)39-14-6-24-4-2-3-5-25(24)21-39/h2-5,20,26,28-29,42H,6-19,21-22H2,1H3,(H,34,35,36)/t28-,29-/m1/s1. The number of piperidine rings is 3. The number of nitrogens with zero attached hydrogens (tertiary/aromatic N) is 6. The van der Waals surface area contributed by atoms with Gasteiger partial charge >= 0.3 is 0 Å². The number of carbonyl (C=O) groups excluding carboxylic acids is 2. The van der Waals surface area contributed by atoms with Gasteiger partial charge in [0.1, 0.15) is 11.5 Å². The van der Waals surface area contributed by atoms with Crippen molar-refractivity contribution in [1.82, 2.24) is 24.7 Å². The van der Waals surface area contributed by atoms with Crippen LogP contribution in [0.25, 0.3) is 0 Å². The van der Waals surface area contributed by atoms with Crippen molar-refractivity contribution in [2.45, 2.75) is 83.0 Å². The van der Waals surface area contributed by atoms with E-state index in [9.17, 15) is 14.7 Å². The normalized spacial score (nSPS) is 25.9. The van der Waals surface area contributed by atoms with Crippen molar-refractivity contribution in [3.63, 3.8) is 0 Å². The minimum absolute atomic E-state index is 0.0413. The molecule has 0 bridgehead atoms. The molecule has 10 heteroatoms. The molecule has 2 atom stereocenters. The lowest BCUT2D eigenvalue weighted by atomic mass is 9.94. The molecule has 230 valence electrons. The van der Waals surface area contributed by atoms with E-state index in [0.717, 1.165) is 77.8 Å². The first-order valence-electron chi connectivity index (χ1n) is 16.3. The van der Waals surface area contributed by atoms with Crippen LogP contribution in [0.5, 0.6) is 0 Å². The lowest BCUT2D eigenvalue weighted by molar-refractivity contribution is -0.129. The number of benzene rings is 1. The Labute approximate surface area is 254 Å². The van der Waals surface area contributed by atoms with Gasteiger partial charge in [-0.05, 0) is 67.9 Å². The Balaban J connectivity index is 1.05. The summed E-state index contributed by atoms with van der Waals surface area (Å²) in [5.41, 5.74) is 3.66. The highest BCUT2D eigenvalue weighted by Crippen LogP contribution is 2.53. The molecule has 3 saturated heterocycles. The first kappa shape index (κ1) is 28.5. The van der Waals surface area contributed by atoms with Crippen LogP contribution in [0, 0.1) is 5.41 Å². The van der Waals surface area contributed by atoms with Crippen molar-refractivity contribution in [2.75, 3.05) is 56.0 Å². The molecule has 0 unspecified atom stereocenters. The number of β-amino-alcohol motifs (C(OH)–C–C–N with tert-alkyl or cyclic N) is 1. The minimum atomic E-state index is -0.606. The van der Waals surface area contributed by atoms with Crippen molar-refractivity contribution < 1.29 is 14.7 Å². The lowest BCUT2D eigenvalue weighted by Gasteiger charge is -2.43. The van der Waals surface area contributed by atoms with Crippen LogP contribution in [0.15, 0.2) is 30.3 Å². The Morgan fingerprint density at radius 3 is 2.33 bits per heavy atom. The Hall–Kier alpha value is -3.24. The van der Waals surface area contributed by atoms with Crippen LogP contribution in [-0.4, -0.2) is 106 Å². The zero-order chi connectivity index (χ0) is 29.6. The molecule has 2 amide bonds. The summed E-state index contributed by atoms with van der Waals surface area (Å²) in [4.78, 5) is 43.7. The quantitative estimate of drug-likeness (QED) is 0.551. The van der Waals surface area contributed by atoms with Crippen molar-refractivity contribution in [3.8, 4) is 0 Å². The number of nitrogens with one attached hydrogen (secondary N) is 1. The SMILES string of the molecule is CC(=O)N1CCC(Nc2cc(C(=O)N3CC[C@@H](N4CCc5ccccc5C4)[C@H](O)C3)nc(N3CCC4(CC3)CC4)n2)CC1. The number of carbonyl (C=O) groups is 2. The van der Waals surface area contributed by atoms with E-state index in [1.165, 1.54) is 24.0 Å². The second kappa shape index (κ2) is 11.7. The molecule has 1 aromatic carbocycles. The van der Waals surface area contributed by atoms with Gasteiger partial charge in [0.25, 0.3) is 5.91 Å². The molecule has 5 heterocycles. The van der Waals surface area contributed by atoms with Crippen LogP contribution in [0.3, 0.4) is 0 Å². The maximum Gasteiger partial charge on any atom is 0.272 e. The summed E-state index contributed by atoms with van der Waals surface area (Å²) >= 11 is 0. The highest BCUT2D eigenvalue weighted by atomic mass is 16.3. The van der Waals surface area contributed by atoms with Gasteiger partial charge in [-0.3, -0.25) is 14.5 Å². The van der Waals surface area contributed by atoms with E-state index in [1.807, 2.05) is 4.90 Å². The second-order valence-electron chi connectivity index (χ2n) is 13.5. The van der Waals surface area contributed by atoms with Gasteiger partial charge in [-0.15, -0.1) is 0 Å². The van der Waals surface area contributed by atoms with Gasteiger partial charge in [-0.2, -0.15) is 4.98 Å². The highest BCUT2D eigenvalue weighted by Gasteiger charge is 2.45. The van der Waals surface area contributed by atoms with Crippen LogP contribution in [0.2, 0.25) is 0 Å². The summed E-state index contributed by atoms with van der Waals surface area (Å²) in [5.74, 6) is 1.26. The smallest absolute Gasteiger partial charge is 0.272 e. The van der Waals surface area contributed by atoms with Gasteiger partial charge in [-0.25, -0.2) is 4.98 Å². The molecule has 2 N–H and O–H groups in total. The van der Waals surface area contributed by atoms with Gasteiger partial charge in [0.05, 0.1) is 6.10 Å². The van der Waals surface area contributed by atoms with E-state index in [0.29, 0.717) is 36.0 Å². The number of fused-ring (bicyclic) bond motifs is 1. The monoisotopic (exact) mass is 587 g/mol. The number of aliphatic hydroxyl groups excluding tert-OH is 1. The van der Waals surface area contributed by atoms with E-state index >= 15 is 0 Å². The summed E-state index contributed by atoms with van der Waals surface area (Å²) < 4.78 is 0. The van der Waals surface area contributed by atoms with Gasteiger partial charge < -0.3 is 25.1 Å². The number of likely N-dealkylation sites (tertiary alicyclic amines) is 2. The number of anilines is 2. The Bertz CT molecular complexity index is 1350. The molecule has 4 fully saturated rings. The third-order valence-electron chi connectivity index (χ3n) is 10.8. The van der Waals surface area contributed by atoms with Crippen molar-refractivity contribution >= 4 is 23.6 Å². The average Bonchev–Trinajstić information content (AvgIpc) is 3.79. The first-order valence-corrected chi connectivity index (χ1v) is 16.3. The molecule has 10 nitrogen and oxygen atoms in total. The fourth-order valence-electron chi connectivity index (χ4n) is 7.66. The molecule has 1 aromatic heterocycles. The zero-order valence-corrected chi connectivity index (χ0v) is 25.4.